The first-order valence-corrected chi connectivity index (χ1v) is 8.89. The quantitative estimate of drug-likeness (QED) is 0.463. The molecule has 0 aliphatic carbocycles. The molecule has 0 saturated heterocycles. The van der Waals surface area contributed by atoms with E-state index in [1.807, 2.05) is 31.4 Å². The number of ether oxygens (including phenoxy) is 2. The van der Waals surface area contributed by atoms with Gasteiger partial charge in [0.2, 0.25) is 0 Å². The highest BCUT2D eigenvalue weighted by atomic mass is 32.2. The van der Waals surface area contributed by atoms with Crippen molar-refractivity contribution in [3.8, 4) is 5.75 Å². The molecule has 0 heterocycles. The van der Waals surface area contributed by atoms with Crippen molar-refractivity contribution in [2.75, 3.05) is 19.5 Å². The number of esters is 2. The molecular formula is C17H26O5S. The van der Waals surface area contributed by atoms with E-state index in [4.69, 9.17) is 14.6 Å². The Morgan fingerprint density at radius 3 is 1.96 bits per heavy atom. The lowest BCUT2D eigenvalue weighted by Crippen LogP contribution is -2.27. The van der Waals surface area contributed by atoms with E-state index in [9.17, 15) is 9.59 Å². The van der Waals surface area contributed by atoms with Gasteiger partial charge in [-0.25, -0.2) is 0 Å². The minimum Gasteiger partial charge on any atom is -0.507 e. The summed E-state index contributed by atoms with van der Waals surface area (Å²) in [5.74, 6) is -1.34. The number of phenolic OH excluding ortho intramolecular Hbond substituents is 1. The Balaban J connectivity index is 0.000000459. The number of hydrogen-bond acceptors (Lipinski definition) is 6. The summed E-state index contributed by atoms with van der Waals surface area (Å²) in [6, 6.07) is 7.30. The fourth-order valence-corrected chi connectivity index (χ4v) is 2.23. The lowest BCUT2D eigenvalue weighted by molar-refractivity contribution is -0.161. The summed E-state index contributed by atoms with van der Waals surface area (Å²) >= 11 is 1.55. The van der Waals surface area contributed by atoms with Gasteiger partial charge in [-0.15, -0.1) is 11.8 Å². The number of carbonyl (C=O) groups excluding carboxylic acids is 2. The van der Waals surface area contributed by atoms with Crippen LogP contribution in [0.15, 0.2) is 29.2 Å². The molecule has 6 heteroatoms. The van der Waals surface area contributed by atoms with Crippen LogP contribution in [-0.2, 0) is 19.1 Å². The van der Waals surface area contributed by atoms with Gasteiger partial charge in [-0.2, -0.15) is 0 Å². The second kappa shape index (κ2) is 12.8. The number of carbonyl (C=O) groups is 2. The predicted octanol–water partition coefficient (Wildman–Crippen LogP) is 3.64. The van der Waals surface area contributed by atoms with E-state index < -0.39 is 17.9 Å². The van der Waals surface area contributed by atoms with Gasteiger partial charge in [0.1, 0.15) is 5.75 Å². The molecule has 1 rings (SSSR count). The monoisotopic (exact) mass is 342 g/mol. The van der Waals surface area contributed by atoms with Crippen molar-refractivity contribution in [1.82, 2.24) is 0 Å². The van der Waals surface area contributed by atoms with Gasteiger partial charge in [0.25, 0.3) is 0 Å². The molecule has 1 aromatic rings. The van der Waals surface area contributed by atoms with Crippen LogP contribution in [-0.4, -0.2) is 36.5 Å². The molecule has 0 unspecified atom stereocenters. The minimum atomic E-state index is -0.750. The first-order valence-electron chi connectivity index (χ1n) is 7.66. The van der Waals surface area contributed by atoms with Crippen LogP contribution in [0.3, 0.4) is 0 Å². The van der Waals surface area contributed by atoms with Crippen LogP contribution in [0.5, 0.6) is 5.75 Å². The van der Waals surface area contributed by atoms with E-state index in [2.05, 4.69) is 0 Å². The Labute approximate surface area is 142 Å². The van der Waals surface area contributed by atoms with Crippen LogP contribution in [0.1, 0.15) is 33.6 Å². The molecule has 0 saturated carbocycles. The summed E-state index contributed by atoms with van der Waals surface area (Å²) in [5.41, 5.74) is 0. The first kappa shape index (κ1) is 21.3. The van der Waals surface area contributed by atoms with Gasteiger partial charge in [-0.1, -0.05) is 25.5 Å². The number of rotatable bonds is 7. The Morgan fingerprint density at radius 2 is 1.61 bits per heavy atom. The van der Waals surface area contributed by atoms with E-state index in [1.54, 1.807) is 31.7 Å². The standard InChI is InChI=1S/C10H18O4.C7H8OS/c1-4-7-8(9(11)13-5-2)10(12)14-6-3;1-9-7-5-3-2-4-6(7)8/h8H,4-7H2,1-3H3;2-5,8H,1H3. The average Bonchev–Trinajstić information content (AvgIpc) is 2.54. The van der Waals surface area contributed by atoms with E-state index >= 15 is 0 Å². The van der Waals surface area contributed by atoms with Crippen molar-refractivity contribution >= 4 is 23.7 Å². The van der Waals surface area contributed by atoms with Crippen LogP contribution < -0.4 is 0 Å². The Bertz CT molecular complexity index is 458. The zero-order valence-electron chi connectivity index (χ0n) is 14.2. The van der Waals surface area contributed by atoms with E-state index in [1.165, 1.54) is 0 Å². The molecule has 0 aliphatic heterocycles. The molecular weight excluding hydrogens is 316 g/mol. The summed E-state index contributed by atoms with van der Waals surface area (Å²) in [6.07, 6.45) is 3.18. The predicted molar refractivity (Wildman–Crippen MR) is 91.6 cm³/mol. The highest BCUT2D eigenvalue weighted by Crippen LogP contribution is 2.24. The van der Waals surface area contributed by atoms with E-state index in [0.29, 0.717) is 25.4 Å². The second-order valence-corrected chi connectivity index (χ2v) is 5.37. The summed E-state index contributed by atoms with van der Waals surface area (Å²) in [4.78, 5) is 23.6. The summed E-state index contributed by atoms with van der Waals surface area (Å²) < 4.78 is 9.57. The number of hydrogen-bond donors (Lipinski definition) is 1. The average molecular weight is 342 g/mol. The van der Waals surface area contributed by atoms with Gasteiger partial charge < -0.3 is 14.6 Å². The van der Waals surface area contributed by atoms with Crippen molar-refractivity contribution in [2.45, 2.75) is 38.5 Å². The summed E-state index contributed by atoms with van der Waals surface area (Å²) in [6.45, 7) is 5.92. The molecule has 130 valence electrons. The van der Waals surface area contributed by atoms with Gasteiger partial charge in [0.05, 0.1) is 13.2 Å². The third kappa shape index (κ3) is 8.50. The van der Waals surface area contributed by atoms with Gasteiger partial charge >= 0.3 is 11.9 Å². The number of para-hydroxylation sites is 1. The van der Waals surface area contributed by atoms with Gasteiger partial charge in [-0.3, -0.25) is 9.59 Å². The summed E-state index contributed by atoms with van der Waals surface area (Å²) in [7, 11) is 0. The minimum absolute atomic E-state index is 0.290. The van der Waals surface area contributed by atoms with Crippen LogP contribution in [0, 0.1) is 5.92 Å². The first-order chi connectivity index (χ1) is 11.0. The molecule has 23 heavy (non-hydrogen) atoms. The Hall–Kier alpha value is -1.69. The van der Waals surface area contributed by atoms with E-state index in [0.717, 1.165) is 11.3 Å². The maximum absolute atomic E-state index is 11.3. The van der Waals surface area contributed by atoms with Crippen LogP contribution in [0.25, 0.3) is 0 Å². The topological polar surface area (TPSA) is 72.8 Å². The molecule has 0 radical (unpaired) electrons. The normalized spacial score (nSPS) is 9.78. The van der Waals surface area contributed by atoms with Crippen molar-refractivity contribution in [2.24, 2.45) is 5.92 Å². The Morgan fingerprint density at radius 1 is 1.09 bits per heavy atom. The van der Waals surface area contributed by atoms with Crippen molar-refractivity contribution < 1.29 is 24.2 Å². The van der Waals surface area contributed by atoms with Gasteiger partial charge in [0.15, 0.2) is 5.92 Å². The molecule has 1 aromatic carbocycles. The fourth-order valence-electron chi connectivity index (χ4n) is 1.74. The number of benzene rings is 1. The van der Waals surface area contributed by atoms with Crippen molar-refractivity contribution in [3.63, 3.8) is 0 Å². The van der Waals surface area contributed by atoms with Crippen molar-refractivity contribution in [3.05, 3.63) is 24.3 Å². The second-order valence-electron chi connectivity index (χ2n) is 4.52. The van der Waals surface area contributed by atoms with Crippen LogP contribution >= 0.6 is 11.8 Å². The maximum Gasteiger partial charge on any atom is 0.320 e. The maximum atomic E-state index is 11.3. The van der Waals surface area contributed by atoms with Crippen LogP contribution in [0.2, 0.25) is 0 Å². The van der Waals surface area contributed by atoms with E-state index in [-0.39, 0.29) is 0 Å². The largest absolute Gasteiger partial charge is 0.507 e. The number of thioether (sulfide) groups is 1. The molecule has 5 nitrogen and oxygen atoms in total. The number of phenols is 1. The zero-order valence-corrected chi connectivity index (χ0v) is 15.0. The zero-order chi connectivity index (χ0) is 17.7. The molecule has 0 atom stereocenters. The lowest BCUT2D eigenvalue weighted by Gasteiger charge is -2.12. The highest BCUT2D eigenvalue weighted by Gasteiger charge is 2.28. The molecule has 0 aromatic heterocycles. The molecule has 0 aliphatic rings. The highest BCUT2D eigenvalue weighted by molar-refractivity contribution is 7.98. The van der Waals surface area contributed by atoms with Gasteiger partial charge in [-0.05, 0) is 38.7 Å². The third-order valence-electron chi connectivity index (χ3n) is 2.80. The van der Waals surface area contributed by atoms with Gasteiger partial charge in [0, 0.05) is 4.90 Å². The fraction of sp³-hybridized carbons (Fsp3) is 0.529. The Kier molecular flexibility index (Phi) is 11.9. The summed E-state index contributed by atoms with van der Waals surface area (Å²) in [5, 5.41) is 9.09. The molecule has 0 bridgehead atoms. The third-order valence-corrected chi connectivity index (χ3v) is 3.59. The SMILES string of the molecule is CCCC(C(=O)OCC)C(=O)OCC.CSc1ccccc1O. The van der Waals surface area contributed by atoms with Crippen LogP contribution in [0.4, 0.5) is 0 Å². The lowest BCUT2D eigenvalue weighted by atomic mass is 10.0. The molecule has 0 fully saturated rings. The molecule has 0 amide bonds. The molecule has 1 N–H and O–H groups in total. The molecule has 0 spiro atoms. The van der Waals surface area contributed by atoms with Crippen molar-refractivity contribution in [1.29, 1.82) is 0 Å². The number of aromatic hydroxyl groups is 1. The smallest absolute Gasteiger partial charge is 0.320 e.